The Bertz CT molecular complexity index is 487. The highest BCUT2D eigenvalue weighted by Crippen LogP contribution is 2.34. The highest BCUT2D eigenvalue weighted by atomic mass is 33.1. The maximum atomic E-state index is 11.1. The first-order chi connectivity index (χ1) is 8.06. The van der Waals surface area contributed by atoms with Crippen LogP contribution in [0.4, 0.5) is 5.69 Å². The van der Waals surface area contributed by atoms with E-state index in [1.54, 1.807) is 0 Å². The summed E-state index contributed by atoms with van der Waals surface area (Å²) in [6.45, 7) is 1.78. The Morgan fingerprint density at radius 1 is 1.41 bits per heavy atom. The van der Waals surface area contributed by atoms with Gasteiger partial charge in [-0.25, -0.2) is 8.42 Å². The SMILES string of the molecule is CS(=O)(=O)SCCN1CCSc2ccccc21. The molecule has 0 saturated heterocycles. The molecular formula is C11H15NO2S3. The molecule has 0 fully saturated rings. The van der Waals surface area contributed by atoms with Gasteiger partial charge in [-0.1, -0.05) is 12.1 Å². The summed E-state index contributed by atoms with van der Waals surface area (Å²) in [5, 5.41) is 0. The van der Waals surface area contributed by atoms with Gasteiger partial charge in [0.1, 0.15) is 0 Å². The van der Waals surface area contributed by atoms with Gasteiger partial charge in [0.05, 0.1) is 5.69 Å². The van der Waals surface area contributed by atoms with E-state index in [-0.39, 0.29) is 0 Å². The summed E-state index contributed by atoms with van der Waals surface area (Å²) in [4.78, 5) is 3.56. The van der Waals surface area contributed by atoms with Crippen molar-refractivity contribution in [1.29, 1.82) is 0 Å². The molecule has 0 bridgehead atoms. The van der Waals surface area contributed by atoms with Crippen LogP contribution in [0.5, 0.6) is 0 Å². The van der Waals surface area contributed by atoms with E-state index in [1.807, 2.05) is 23.9 Å². The highest BCUT2D eigenvalue weighted by Gasteiger charge is 2.16. The van der Waals surface area contributed by atoms with E-state index in [1.165, 1.54) is 16.8 Å². The summed E-state index contributed by atoms with van der Waals surface area (Å²) in [5.74, 6) is 1.69. The molecule has 1 heterocycles. The molecule has 0 spiro atoms. The predicted octanol–water partition coefficient (Wildman–Crippen LogP) is 2.29. The van der Waals surface area contributed by atoms with Gasteiger partial charge < -0.3 is 4.90 Å². The molecule has 0 unspecified atom stereocenters. The van der Waals surface area contributed by atoms with E-state index in [9.17, 15) is 8.42 Å². The van der Waals surface area contributed by atoms with Crippen LogP contribution in [0.3, 0.4) is 0 Å². The number of para-hydroxylation sites is 1. The van der Waals surface area contributed by atoms with Crippen molar-refractivity contribution in [2.24, 2.45) is 0 Å². The van der Waals surface area contributed by atoms with Crippen LogP contribution in [-0.2, 0) is 8.87 Å². The molecule has 0 atom stereocenters. The van der Waals surface area contributed by atoms with Gasteiger partial charge in [-0.15, -0.1) is 11.8 Å². The topological polar surface area (TPSA) is 37.4 Å². The Morgan fingerprint density at radius 3 is 2.94 bits per heavy atom. The van der Waals surface area contributed by atoms with Gasteiger partial charge in [0.15, 0.2) is 8.87 Å². The van der Waals surface area contributed by atoms with Crippen LogP contribution in [-0.4, -0.2) is 39.3 Å². The average Bonchev–Trinajstić information content (AvgIpc) is 2.28. The molecular weight excluding hydrogens is 274 g/mol. The van der Waals surface area contributed by atoms with Crippen molar-refractivity contribution in [3.05, 3.63) is 24.3 Å². The number of thioether (sulfide) groups is 1. The molecule has 0 radical (unpaired) electrons. The van der Waals surface area contributed by atoms with Crippen LogP contribution in [0, 0.1) is 0 Å². The lowest BCUT2D eigenvalue weighted by Gasteiger charge is -2.30. The lowest BCUT2D eigenvalue weighted by molar-refractivity contribution is 0.615. The van der Waals surface area contributed by atoms with Crippen LogP contribution in [0.15, 0.2) is 29.2 Å². The number of fused-ring (bicyclic) bond motifs is 1. The molecule has 0 aromatic heterocycles. The van der Waals surface area contributed by atoms with Crippen LogP contribution in [0.25, 0.3) is 0 Å². The fourth-order valence-electron chi connectivity index (χ4n) is 1.76. The van der Waals surface area contributed by atoms with Gasteiger partial charge in [-0.05, 0) is 22.9 Å². The first-order valence-electron chi connectivity index (χ1n) is 5.37. The Labute approximate surface area is 110 Å². The first kappa shape index (κ1) is 13.1. The van der Waals surface area contributed by atoms with Crippen molar-refractivity contribution < 1.29 is 8.42 Å². The zero-order valence-corrected chi connectivity index (χ0v) is 12.1. The van der Waals surface area contributed by atoms with E-state index in [0.717, 1.165) is 29.6 Å². The van der Waals surface area contributed by atoms with Crippen molar-refractivity contribution in [3.63, 3.8) is 0 Å². The fourth-order valence-corrected chi connectivity index (χ4v) is 4.54. The average molecular weight is 289 g/mol. The predicted molar refractivity (Wildman–Crippen MR) is 76.7 cm³/mol. The maximum Gasteiger partial charge on any atom is 0.198 e. The minimum Gasteiger partial charge on any atom is -0.369 e. The Kier molecular flexibility index (Phi) is 4.27. The minimum absolute atomic E-state index is 0.623. The standard InChI is InChI=1S/C11H15NO2S3/c1-17(13,14)16-9-7-12-6-8-15-11-5-3-2-4-10(11)12/h2-5H,6-9H2,1H3. The van der Waals surface area contributed by atoms with Crippen molar-refractivity contribution in [2.45, 2.75) is 4.90 Å². The Balaban J connectivity index is 1.99. The zero-order chi connectivity index (χ0) is 12.3. The van der Waals surface area contributed by atoms with Crippen LogP contribution >= 0.6 is 22.6 Å². The Morgan fingerprint density at radius 2 is 2.18 bits per heavy atom. The van der Waals surface area contributed by atoms with Crippen molar-refractivity contribution in [2.75, 3.05) is 35.8 Å². The number of hydrogen-bond acceptors (Lipinski definition) is 5. The van der Waals surface area contributed by atoms with Crippen molar-refractivity contribution >= 4 is 37.1 Å². The lowest BCUT2D eigenvalue weighted by Crippen LogP contribution is -2.31. The molecule has 0 amide bonds. The fraction of sp³-hybridized carbons (Fsp3) is 0.455. The third-order valence-corrected chi connectivity index (χ3v) is 6.09. The summed E-state index contributed by atoms with van der Waals surface area (Å²) in [5.41, 5.74) is 1.23. The lowest BCUT2D eigenvalue weighted by atomic mass is 10.3. The van der Waals surface area contributed by atoms with E-state index in [4.69, 9.17) is 0 Å². The van der Waals surface area contributed by atoms with E-state index < -0.39 is 8.87 Å². The van der Waals surface area contributed by atoms with Crippen molar-refractivity contribution in [1.82, 2.24) is 0 Å². The third-order valence-electron chi connectivity index (χ3n) is 2.48. The number of hydrogen-bond donors (Lipinski definition) is 0. The van der Waals surface area contributed by atoms with Gasteiger partial charge in [0.2, 0.25) is 0 Å². The smallest absolute Gasteiger partial charge is 0.198 e. The summed E-state index contributed by atoms with van der Waals surface area (Å²) >= 11 is 1.86. The van der Waals surface area contributed by atoms with E-state index in [0.29, 0.717) is 5.75 Å². The molecule has 0 N–H and O–H groups in total. The minimum atomic E-state index is -2.92. The second-order valence-corrected chi connectivity index (χ2v) is 9.54. The molecule has 1 aliphatic rings. The summed E-state index contributed by atoms with van der Waals surface area (Å²) in [6, 6.07) is 8.30. The molecule has 94 valence electrons. The summed E-state index contributed by atoms with van der Waals surface area (Å²) in [7, 11) is -1.89. The quantitative estimate of drug-likeness (QED) is 0.795. The molecule has 1 aromatic rings. The first-order valence-corrected chi connectivity index (χ1v) is 9.75. The Hall–Kier alpha value is -0.330. The molecule has 3 nitrogen and oxygen atoms in total. The zero-order valence-electron chi connectivity index (χ0n) is 9.63. The number of rotatable bonds is 4. The van der Waals surface area contributed by atoms with Gasteiger partial charge in [-0.3, -0.25) is 0 Å². The molecule has 1 aliphatic heterocycles. The van der Waals surface area contributed by atoms with Gasteiger partial charge in [-0.2, -0.15) is 0 Å². The van der Waals surface area contributed by atoms with Gasteiger partial charge in [0, 0.05) is 35.7 Å². The van der Waals surface area contributed by atoms with Crippen LogP contribution in [0.1, 0.15) is 0 Å². The second kappa shape index (κ2) is 5.54. The molecule has 1 aromatic carbocycles. The molecule has 0 saturated carbocycles. The summed E-state index contributed by atoms with van der Waals surface area (Å²) in [6.07, 6.45) is 1.26. The van der Waals surface area contributed by atoms with Gasteiger partial charge >= 0.3 is 0 Å². The molecule has 0 aliphatic carbocycles. The largest absolute Gasteiger partial charge is 0.369 e. The second-order valence-electron chi connectivity index (χ2n) is 3.83. The van der Waals surface area contributed by atoms with E-state index >= 15 is 0 Å². The normalized spacial score (nSPS) is 15.7. The van der Waals surface area contributed by atoms with Crippen molar-refractivity contribution in [3.8, 4) is 0 Å². The highest BCUT2D eigenvalue weighted by molar-refractivity contribution is 8.71. The van der Waals surface area contributed by atoms with Crippen LogP contribution < -0.4 is 4.90 Å². The summed E-state index contributed by atoms with van der Waals surface area (Å²) < 4.78 is 22.1. The number of anilines is 1. The maximum absolute atomic E-state index is 11.1. The number of nitrogens with zero attached hydrogens (tertiary/aromatic N) is 1. The van der Waals surface area contributed by atoms with Gasteiger partial charge in [0.25, 0.3) is 0 Å². The van der Waals surface area contributed by atoms with E-state index in [2.05, 4.69) is 17.0 Å². The molecule has 2 rings (SSSR count). The number of benzene rings is 1. The monoisotopic (exact) mass is 289 g/mol. The molecule has 17 heavy (non-hydrogen) atoms. The third kappa shape index (κ3) is 3.82. The molecule has 6 heteroatoms. The van der Waals surface area contributed by atoms with Crippen LogP contribution in [0.2, 0.25) is 0 Å².